The number of amidine groups is 1. The number of benzene rings is 1. The Morgan fingerprint density at radius 3 is 2.45 bits per heavy atom. The highest BCUT2D eigenvalue weighted by Gasteiger charge is 2.49. The number of fused-ring (bicyclic) bond motifs is 1. The number of carboxylic acid groups (broad SMARTS) is 1. The third-order valence-electron chi connectivity index (χ3n) is 4.19. The number of carbonyl (C=O) groups is 2. The molecule has 2 heterocycles. The van der Waals surface area contributed by atoms with E-state index in [4.69, 9.17) is 5.11 Å². The molecule has 13 heteroatoms. The number of aliphatic carboxylic acids is 1. The average molecular weight is 452 g/mol. The van der Waals surface area contributed by atoms with E-state index in [0.717, 1.165) is 23.9 Å². The van der Waals surface area contributed by atoms with Gasteiger partial charge in [0, 0.05) is 17.4 Å². The number of amides is 1. The van der Waals surface area contributed by atoms with Crippen LogP contribution in [0, 0.1) is 0 Å². The molecule has 0 aliphatic carbocycles. The van der Waals surface area contributed by atoms with Crippen LogP contribution < -0.4 is 9.64 Å². The SMILES string of the molecule is O=C(O)CCC(=O)N=C1S[C@@H]2CS(=O)(=O)C[C@H]2N1c1ccc(OC(F)(F)F)cc1. The first-order chi connectivity index (χ1) is 13.4. The molecule has 2 saturated heterocycles. The van der Waals surface area contributed by atoms with Crippen LogP contribution >= 0.6 is 11.8 Å². The fourth-order valence-corrected chi connectivity index (χ4v) is 6.98. The molecule has 2 fully saturated rings. The number of thioether (sulfide) groups is 1. The number of ether oxygens (including phenoxy) is 1. The molecule has 2 aliphatic heterocycles. The minimum Gasteiger partial charge on any atom is -0.481 e. The zero-order valence-electron chi connectivity index (χ0n) is 14.6. The van der Waals surface area contributed by atoms with E-state index in [-0.39, 0.29) is 23.1 Å². The molecule has 3 rings (SSSR count). The van der Waals surface area contributed by atoms with Crippen LogP contribution in [0.25, 0.3) is 0 Å². The van der Waals surface area contributed by atoms with Crippen molar-refractivity contribution < 1.29 is 41.0 Å². The minimum atomic E-state index is -4.85. The highest BCUT2D eigenvalue weighted by molar-refractivity contribution is 8.16. The molecule has 8 nitrogen and oxygen atoms in total. The van der Waals surface area contributed by atoms with Gasteiger partial charge in [0.2, 0.25) is 5.91 Å². The van der Waals surface area contributed by atoms with E-state index in [0.29, 0.717) is 5.69 Å². The number of alkyl halides is 3. The molecule has 0 aromatic heterocycles. The van der Waals surface area contributed by atoms with E-state index < -0.39 is 51.5 Å². The number of carboxylic acids is 1. The number of carbonyl (C=O) groups excluding carboxylic acids is 1. The molecule has 1 aromatic carbocycles. The lowest BCUT2D eigenvalue weighted by Crippen LogP contribution is -2.37. The van der Waals surface area contributed by atoms with E-state index in [9.17, 15) is 31.2 Å². The van der Waals surface area contributed by atoms with Gasteiger partial charge in [0.25, 0.3) is 0 Å². The Morgan fingerprint density at radius 1 is 1.21 bits per heavy atom. The summed E-state index contributed by atoms with van der Waals surface area (Å²) in [6, 6.07) is 4.24. The number of halogens is 3. The van der Waals surface area contributed by atoms with Crippen LogP contribution in [0.3, 0.4) is 0 Å². The highest BCUT2D eigenvalue weighted by Crippen LogP contribution is 2.41. The molecule has 158 valence electrons. The van der Waals surface area contributed by atoms with Crippen molar-refractivity contribution in [2.75, 3.05) is 16.4 Å². The number of anilines is 1. The maximum atomic E-state index is 12.3. The van der Waals surface area contributed by atoms with Gasteiger partial charge in [0.15, 0.2) is 15.0 Å². The van der Waals surface area contributed by atoms with Crippen LogP contribution in [0.4, 0.5) is 18.9 Å². The van der Waals surface area contributed by atoms with E-state index >= 15 is 0 Å². The molecule has 29 heavy (non-hydrogen) atoms. The Hall–Kier alpha value is -2.28. The first-order valence-electron chi connectivity index (χ1n) is 8.29. The van der Waals surface area contributed by atoms with Crippen molar-refractivity contribution in [3.63, 3.8) is 0 Å². The summed E-state index contributed by atoms with van der Waals surface area (Å²) in [7, 11) is -3.31. The summed E-state index contributed by atoms with van der Waals surface area (Å²) in [6.07, 6.45) is -5.57. The van der Waals surface area contributed by atoms with E-state index in [2.05, 4.69) is 9.73 Å². The molecule has 0 saturated carbocycles. The van der Waals surface area contributed by atoms with Gasteiger partial charge in [-0.3, -0.25) is 9.59 Å². The number of aliphatic imine (C=N–C) groups is 1. The highest BCUT2D eigenvalue weighted by atomic mass is 32.2. The molecule has 1 N–H and O–H groups in total. The van der Waals surface area contributed by atoms with Gasteiger partial charge < -0.3 is 14.7 Å². The lowest BCUT2D eigenvalue weighted by Gasteiger charge is -2.24. The second-order valence-electron chi connectivity index (χ2n) is 6.39. The Balaban J connectivity index is 1.88. The predicted octanol–water partition coefficient (Wildman–Crippen LogP) is 2.05. The Morgan fingerprint density at radius 2 is 1.86 bits per heavy atom. The van der Waals surface area contributed by atoms with E-state index in [1.165, 1.54) is 17.0 Å². The molecule has 0 bridgehead atoms. The van der Waals surface area contributed by atoms with Gasteiger partial charge in [-0.15, -0.1) is 13.2 Å². The number of hydrogen-bond acceptors (Lipinski definition) is 6. The van der Waals surface area contributed by atoms with Crippen LogP contribution in [-0.2, 0) is 19.4 Å². The smallest absolute Gasteiger partial charge is 0.481 e. The summed E-state index contributed by atoms with van der Waals surface area (Å²) in [5, 5.41) is 8.47. The topological polar surface area (TPSA) is 113 Å². The van der Waals surface area contributed by atoms with Crippen molar-refractivity contribution in [1.82, 2.24) is 0 Å². The minimum absolute atomic E-state index is 0.115. The molecular weight excluding hydrogens is 437 g/mol. The molecule has 0 radical (unpaired) electrons. The molecular formula is C16H15F3N2O6S2. The second kappa shape index (κ2) is 7.86. The standard InChI is InChI=1S/C16H15F3N2O6S2/c17-16(18,19)27-10-3-1-9(2-4-10)21-11-7-29(25,26)8-12(11)28-15(21)20-13(22)5-6-14(23)24/h1-4,11-12H,5-8H2,(H,23,24)/t11-,12-/m1/s1. The Bertz CT molecular complexity index is 946. The molecule has 2 atom stereocenters. The van der Waals surface area contributed by atoms with Crippen LogP contribution in [-0.4, -0.2) is 59.7 Å². The molecule has 1 aromatic rings. The Kier molecular flexibility index (Phi) is 5.81. The molecule has 1 amide bonds. The summed E-state index contributed by atoms with van der Waals surface area (Å²) in [5.74, 6) is -2.58. The van der Waals surface area contributed by atoms with Crippen molar-refractivity contribution in [2.24, 2.45) is 4.99 Å². The lowest BCUT2D eigenvalue weighted by molar-refractivity contribution is -0.274. The molecule has 0 unspecified atom stereocenters. The van der Waals surface area contributed by atoms with Gasteiger partial charge in [-0.25, -0.2) is 8.42 Å². The van der Waals surface area contributed by atoms with Gasteiger partial charge in [0.1, 0.15) is 5.75 Å². The fourth-order valence-electron chi connectivity index (χ4n) is 3.05. The van der Waals surface area contributed by atoms with Gasteiger partial charge in [-0.1, -0.05) is 11.8 Å². The second-order valence-corrected chi connectivity index (χ2v) is 9.75. The zero-order chi connectivity index (χ0) is 21.4. The maximum Gasteiger partial charge on any atom is 0.573 e. The number of rotatable bonds is 5. The summed E-state index contributed by atoms with van der Waals surface area (Å²) in [4.78, 5) is 28.0. The van der Waals surface area contributed by atoms with Crippen molar-refractivity contribution in [3.8, 4) is 5.75 Å². The summed E-state index contributed by atoms with van der Waals surface area (Å²) in [6.45, 7) is 0. The van der Waals surface area contributed by atoms with Gasteiger partial charge >= 0.3 is 12.3 Å². The van der Waals surface area contributed by atoms with Crippen molar-refractivity contribution in [1.29, 1.82) is 0 Å². The maximum absolute atomic E-state index is 12.3. The number of sulfone groups is 1. The largest absolute Gasteiger partial charge is 0.573 e. The summed E-state index contributed by atoms with van der Waals surface area (Å²) < 4.78 is 64.8. The number of hydrogen-bond donors (Lipinski definition) is 1. The van der Waals surface area contributed by atoms with Crippen molar-refractivity contribution in [3.05, 3.63) is 24.3 Å². The average Bonchev–Trinajstić information content (AvgIpc) is 3.03. The van der Waals surface area contributed by atoms with Gasteiger partial charge in [-0.2, -0.15) is 4.99 Å². The Labute approximate surface area is 167 Å². The summed E-state index contributed by atoms with van der Waals surface area (Å²) in [5.41, 5.74) is 0.349. The third kappa shape index (κ3) is 5.41. The van der Waals surface area contributed by atoms with Gasteiger partial charge in [0.05, 0.1) is 24.0 Å². The van der Waals surface area contributed by atoms with E-state index in [1.54, 1.807) is 0 Å². The monoisotopic (exact) mass is 452 g/mol. The van der Waals surface area contributed by atoms with Crippen LogP contribution in [0.15, 0.2) is 29.3 Å². The van der Waals surface area contributed by atoms with Crippen LogP contribution in [0.2, 0.25) is 0 Å². The first kappa shape index (κ1) is 21.4. The van der Waals surface area contributed by atoms with Crippen molar-refractivity contribution >= 4 is 44.3 Å². The summed E-state index contributed by atoms with van der Waals surface area (Å²) >= 11 is 1.08. The van der Waals surface area contributed by atoms with Gasteiger partial charge in [-0.05, 0) is 24.3 Å². The lowest BCUT2D eigenvalue weighted by atomic mass is 10.2. The van der Waals surface area contributed by atoms with E-state index in [1.807, 2.05) is 0 Å². The normalized spacial score (nSPS) is 24.5. The number of nitrogens with zero attached hydrogens (tertiary/aromatic N) is 2. The molecule has 2 aliphatic rings. The van der Waals surface area contributed by atoms with Crippen molar-refractivity contribution in [2.45, 2.75) is 30.5 Å². The third-order valence-corrected chi connectivity index (χ3v) is 7.40. The zero-order valence-corrected chi connectivity index (χ0v) is 16.3. The predicted molar refractivity (Wildman–Crippen MR) is 98.7 cm³/mol. The molecule has 0 spiro atoms. The quantitative estimate of drug-likeness (QED) is 0.722. The first-order valence-corrected chi connectivity index (χ1v) is 11.0. The van der Waals surface area contributed by atoms with Crippen LogP contribution in [0.5, 0.6) is 5.75 Å². The van der Waals surface area contributed by atoms with Crippen LogP contribution in [0.1, 0.15) is 12.8 Å². The fraction of sp³-hybridized carbons (Fsp3) is 0.438.